The van der Waals surface area contributed by atoms with Crippen LogP contribution in [-0.4, -0.2) is 23.1 Å². The van der Waals surface area contributed by atoms with Crippen molar-refractivity contribution in [3.05, 3.63) is 11.0 Å². The lowest BCUT2D eigenvalue weighted by Crippen LogP contribution is -2.29. The Hall–Kier alpha value is -1.03. The molecule has 0 saturated carbocycles. The summed E-state index contributed by atoms with van der Waals surface area (Å²) in [6, 6.07) is 0. The first kappa shape index (κ1) is 13.0. The van der Waals surface area contributed by atoms with Crippen molar-refractivity contribution in [1.29, 1.82) is 0 Å². The minimum atomic E-state index is 0.254. The lowest BCUT2D eigenvalue weighted by atomic mass is 10.2. The zero-order valence-electron chi connectivity index (χ0n) is 10.3. The topological polar surface area (TPSA) is 55.0 Å². The molecule has 0 aliphatic carbocycles. The van der Waals surface area contributed by atoms with Gasteiger partial charge in [-0.3, -0.25) is 0 Å². The van der Waals surface area contributed by atoms with Crippen LogP contribution < -0.4 is 10.6 Å². The van der Waals surface area contributed by atoms with Crippen LogP contribution >= 0.6 is 11.6 Å². The van der Waals surface area contributed by atoms with Gasteiger partial charge in [0, 0.05) is 13.1 Å². The molecule has 2 N–H and O–H groups in total. The van der Waals surface area contributed by atoms with Crippen molar-refractivity contribution in [1.82, 2.24) is 9.97 Å². The Labute approximate surface area is 102 Å². The number of nitrogens with zero attached hydrogens (tertiary/aromatic N) is 3. The average molecular weight is 243 g/mol. The van der Waals surface area contributed by atoms with Crippen LogP contribution in [0.1, 0.15) is 26.5 Å². The molecule has 1 aromatic rings. The zero-order valence-corrected chi connectivity index (χ0v) is 11.0. The van der Waals surface area contributed by atoms with Crippen LogP contribution in [0, 0.1) is 12.8 Å². The third kappa shape index (κ3) is 2.98. The third-order valence-electron chi connectivity index (χ3n) is 2.36. The van der Waals surface area contributed by atoms with Crippen molar-refractivity contribution in [2.75, 3.05) is 23.7 Å². The van der Waals surface area contributed by atoms with Crippen molar-refractivity contribution in [3.8, 4) is 0 Å². The molecule has 0 fully saturated rings. The highest BCUT2D eigenvalue weighted by Crippen LogP contribution is 2.25. The number of halogens is 1. The van der Waals surface area contributed by atoms with Gasteiger partial charge in [0.05, 0.1) is 11.4 Å². The van der Waals surface area contributed by atoms with Gasteiger partial charge in [0.15, 0.2) is 5.82 Å². The third-order valence-corrected chi connectivity index (χ3v) is 2.52. The number of anilines is 2. The lowest BCUT2D eigenvalue weighted by molar-refractivity contribution is 0.614. The van der Waals surface area contributed by atoms with Gasteiger partial charge in [-0.1, -0.05) is 13.8 Å². The van der Waals surface area contributed by atoms with Crippen LogP contribution in [0.3, 0.4) is 0 Å². The van der Waals surface area contributed by atoms with E-state index in [1.165, 1.54) is 0 Å². The Bertz CT molecular complexity index is 365. The zero-order chi connectivity index (χ0) is 12.3. The number of nitrogens with two attached hydrogens (primary N) is 1. The molecule has 16 heavy (non-hydrogen) atoms. The number of hydrogen-bond donors (Lipinski definition) is 1. The van der Waals surface area contributed by atoms with Gasteiger partial charge in [-0.15, -0.1) is 0 Å². The molecule has 90 valence electrons. The van der Waals surface area contributed by atoms with Crippen LogP contribution in [0.5, 0.6) is 0 Å². The van der Waals surface area contributed by atoms with Gasteiger partial charge in [0.2, 0.25) is 5.28 Å². The second kappa shape index (κ2) is 5.34. The predicted octanol–water partition coefficient (Wildman–Crippen LogP) is 2.50. The van der Waals surface area contributed by atoms with E-state index in [-0.39, 0.29) is 5.28 Å². The maximum atomic E-state index is 5.98. The van der Waals surface area contributed by atoms with Gasteiger partial charge in [-0.25, -0.2) is 4.98 Å². The van der Waals surface area contributed by atoms with E-state index in [0.29, 0.717) is 11.6 Å². The Morgan fingerprint density at radius 2 is 2.00 bits per heavy atom. The molecule has 0 radical (unpaired) electrons. The van der Waals surface area contributed by atoms with E-state index in [1.54, 1.807) is 0 Å². The fourth-order valence-electron chi connectivity index (χ4n) is 1.58. The van der Waals surface area contributed by atoms with Crippen molar-refractivity contribution in [2.45, 2.75) is 27.7 Å². The van der Waals surface area contributed by atoms with Crippen molar-refractivity contribution >= 4 is 23.1 Å². The van der Waals surface area contributed by atoms with Crippen LogP contribution in [0.15, 0.2) is 0 Å². The highest BCUT2D eigenvalue weighted by molar-refractivity contribution is 6.28. The van der Waals surface area contributed by atoms with Gasteiger partial charge in [-0.2, -0.15) is 4.98 Å². The lowest BCUT2D eigenvalue weighted by Gasteiger charge is -2.25. The molecule has 0 spiro atoms. The molecule has 0 amide bonds. The monoisotopic (exact) mass is 242 g/mol. The fraction of sp³-hybridized carbons (Fsp3) is 0.636. The van der Waals surface area contributed by atoms with Gasteiger partial charge in [-0.05, 0) is 31.4 Å². The van der Waals surface area contributed by atoms with E-state index < -0.39 is 0 Å². The van der Waals surface area contributed by atoms with Gasteiger partial charge in [0.1, 0.15) is 0 Å². The molecule has 0 aromatic carbocycles. The number of rotatable bonds is 4. The summed E-state index contributed by atoms with van der Waals surface area (Å²) in [4.78, 5) is 10.4. The molecule has 0 aliphatic rings. The van der Waals surface area contributed by atoms with Crippen molar-refractivity contribution < 1.29 is 0 Å². The predicted molar refractivity (Wildman–Crippen MR) is 68.9 cm³/mol. The summed E-state index contributed by atoms with van der Waals surface area (Å²) in [7, 11) is 0. The van der Waals surface area contributed by atoms with Gasteiger partial charge in [0.25, 0.3) is 0 Å². The summed E-state index contributed by atoms with van der Waals surface area (Å²) in [5, 5.41) is 0.254. The molecule has 0 unspecified atom stereocenters. The minimum absolute atomic E-state index is 0.254. The van der Waals surface area contributed by atoms with E-state index in [4.69, 9.17) is 17.3 Å². The first-order chi connectivity index (χ1) is 7.45. The number of nitrogen functional groups attached to an aromatic ring is 1. The molecule has 5 heteroatoms. The van der Waals surface area contributed by atoms with Crippen LogP contribution in [0.2, 0.25) is 5.28 Å². The Balaban J connectivity index is 3.09. The van der Waals surface area contributed by atoms with E-state index in [2.05, 4.69) is 35.6 Å². The number of hydrogen-bond acceptors (Lipinski definition) is 4. The molecule has 0 bridgehead atoms. The van der Waals surface area contributed by atoms with Crippen molar-refractivity contribution in [2.24, 2.45) is 5.92 Å². The molecule has 0 atom stereocenters. The summed E-state index contributed by atoms with van der Waals surface area (Å²) in [6.45, 7) is 10.0. The normalized spacial score (nSPS) is 10.9. The van der Waals surface area contributed by atoms with E-state index in [1.807, 2.05) is 6.92 Å². The molecule has 1 heterocycles. The molecule has 1 aromatic heterocycles. The fourth-order valence-corrected chi connectivity index (χ4v) is 1.79. The van der Waals surface area contributed by atoms with Gasteiger partial charge < -0.3 is 10.6 Å². The summed E-state index contributed by atoms with van der Waals surface area (Å²) in [5.41, 5.74) is 7.33. The maximum absolute atomic E-state index is 5.98. The summed E-state index contributed by atoms with van der Waals surface area (Å²) in [5.74, 6) is 1.29. The highest BCUT2D eigenvalue weighted by atomic mass is 35.5. The summed E-state index contributed by atoms with van der Waals surface area (Å²) >= 11 is 5.86. The Kier molecular flexibility index (Phi) is 4.35. The quantitative estimate of drug-likeness (QED) is 0.825. The summed E-state index contributed by atoms with van der Waals surface area (Å²) < 4.78 is 0. The minimum Gasteiger partial charge on any atom is -0.394 e. The maximum Gasteiger partial charge on any atom is 0.224 e. The molecular formula is C11H19ClN4. The number of aromatic nitrogens is 2. The molecule has 0 aliphatic heterocycles. The van der Waals surface area contributed by atoms with E-state index in [9.17, 15) is 0 Å². The Morgan fingerprint density at radius 1 is 1.38 bits per heavy atom. The highest BCUT2D eigenvalue weighted by Gasteiger charge is 2.14. The van der Waals surface area contributed by atoms with Crippen molar-refractivity contribution in [3.63, 3.8) is 0 Å². The van der Waals surface area contributed by atoms with Crippen LogP contribution in [-0.2, 0) is 0 Å². The summed E-state index contributed by atoms with van der Waals surface area (Å²) in [6.07, 6.45) is 0. The second-order valence-corrected chi connectivity index (χ2v) is 4.59. The van der Waals surface area contributed by atoms with Crippen LogP contribution in [0.4, 0.5) is 11.5 Å². The molecule has 4 nitrogen and oxygen atoms in total. The second-order valence-electron chi connectivity index (χ2n) is 4.25. The smallest absolute Gasteiger partial charge is 0.224 e. The first-order valence-corrected chi connectivity index (χ1v) is 5.88. The molecular weight excluding hydrogens is 224 g/mol. The SMILES string of the molecule is CCN(CC(C)C)c1nc(Cl)nc(C)c1N. The van der Waals surface area contributed by atoms with E-state index in [0.717, 1.165) is 24.6 Å². The standard InChI is InChI=1S/C11H19ClN4/c1-5-16(6-7(2)3)10-9(13)8(4)14-11(12)15-10/h7H,5-6,13H2,1-4H3. The molecule has 0 saturated heterocycles. The van der Waals surface area contributed by atoms with Gasteiger partial charge >= 0.3 is 0 Å². The first-order valence-electron chi connectivity index (χ1n) is 5.50. The van der Waals surface area contributed by atoms with Crippen LogP contribution in [0.25, 0.3) is 0 Å². The van der Waals surface area contributed by atoms with E-state index >= 15 is 0 Å². The molecule has 1 rings (SSSR count). The average Bonchev–Trinajstić information content (AvgIpc) is 2.20. The largest absolute Gasteiger partial charge is 0.394 e. The Morgan fingerprint density at radius 3 is 2.50 bits per heavy atom. The number of aryl methyl sites for hydroxylation is 1.